The number of fused-ring (bicyclic) bond motifs is 1. The number of aromatic nitrogens is 1. The number of imide groups is 1. The number of carbonyl (C=O) groups is 3. The second kappa shape index (κ2) is 6.15. The van der Waals surface area contributed by atoms with E-state index >= 15 is 0 Å². The quantitative estimate of drug-likeness (QED) is 0.493. The SMILES string of the molecule is Cc1cc(NC(=O)CCN2C(=O)c3ccc([N+](=O)[O-])cc3C2=O)no1. The second-order valence-corrected chi connectivity index (χ2v) is 5.37. The van der Waals surface area contributed by atoms with Gasteiger partial charge in [0.25, 0.3) is 17.5 Å². The van der Waals surface area contributed by atoms with Crippen molar-refractivity contribution in [2.45, 2.75) is 13.3 Å². The maximum atomic E-state index is 12.3. The first-order valence-corrected chi connectivity index (χ1v) is 7.24. The van der Waals surface area contributed by atoms with Gasteiger partial charge in [-0.05, 0) is 13.0 Å². The van der Waals surface area contributed by atoms with Crippen LogP contribution in [0.15, 0.2) is 28.8 Å². The molecule has 3 amide bonds. The summed E-state index contributed by atoms with van der Waals surface area (Å²) in [6.07, 6.45) is -0.139. The van der Waals surface area contributed by atoms with Crippen molar-refractivity contribution in [3.05, 3.63) is 51.3 Å². The van der Waals surface area contributed by atoms with E-state index in [1.807, 2.05) is 0 Å². The zero-order valence-corrected chi connectivity index (χ0v) is 13.0. The highest BCUT2D eigenvalue weighted by atomic mass is 16.6. The van der Waals surface area contributed by atoms with E-state index in [1.165, 1.54) is 12.1 Å². The molecule has 0 saturated heterocycles. The van der Waals surface area contributed by atoms with Gasteiger partial charge in [0, 0.05) is 31.2 Å². The summed E-state index contributed by atoms with van der Waals surface area (Å²) in [4.78, 5) is 47.4. The van der Waals surface area contributed by atoms with Crippen molar-refractivity contribution in [3.8, 4) is 0 Å². The fraction of sp³-hybridized carbons (Fsp3) is 0.200. The third kappa shape index (κ3) is 3.09. The van der Waals surface area contributed by atoms with E-state index in [4.69, 9.17) is 4.52 Å². The van der Waals surface area contributed by atoms with Gasteiger partial charge in [-0.2, -0.15) is 0 Å². The first kappa shape index (κ1) is 16.3. The van der Waals surface area contributed by atoms with Gasteiger partial charge in [-0.25, -0.2) is 0 Å². The highest BCUT2D eigenvalue weighted by Crippen LogP contribution is 2.26. The van der Waals surface area contributed by atoms with Gasteiger partial charge in [-0.1, -0.05) is 5.16 Å². The number of aryl methyl sites for hydroxylation is 1. The molecule has 1 N–H and O–H groups in total. The van der Waals surface area contributed by atoms with Crippen molar-refractivity contribution in [2.75, 3.05) is 11.9 Å². The van der Waals surface area contributed by atoms with E-state index in [9.17, 15) is 24.5 Å². The molecule has 128 valence electrons. The molecule has 3 rings (SSSR count). The Labute approximate surface area is 140 Å². The van der Waals surface area contributed by atoms with Crippen LogP contribution >= 0.6 is 0 Å². The Bertz CT molecular complexity index is 903. The Hall–Kier alpha value is -3.56. The van der Waals surface area contributed by atoms with Crippen molar-refractivity contribution < 1.29 is 23.8 Å². The number of carbonyl (C=O) groups excluding carboxylic acids is 3. The summed E-state index contributed by atoms with van der Waals surface area (Å²) in [6.45, 7) is 1.52. The maximum absolute atomic E-state index is 12.3. The maximum Gasteiger partial charge on any atom is 0.270 e. The second-order valence-electron chi connectivity index (χ2n) is 5.37. The normalized spacial score (nSPS) is 13.1. The Morgan fingerprint density at radius 3 is 2.64 bits per heavy atom. The van der Waals surface area contributed by atoms with Crippen LogP contribution in [-0.2, 0) is 4.79 Å². The predicted molar refractivity (Wildman–Crippen MR) is 83.0 cm³/mol. The summed E-state index contributed by atoms with van der Waals surface area (Å²) < 4.78 is 4.81. The minimum Gasteiger partial charge on any atom is -0.360 e. The van der Waals surface area contributed by atoms with Gasteiger partial charge in [-0.3, -0.25) is 29.4 Å². The Kier molecular flexibility index (Phi) is 4.01. The van der Waals surface area contributed by atoms with E-state index in [1.54, 1.807) is 6.92 Å². The van der Waals surface area contributed by atoms with Crippen LogP contribution in [0.25, 0.3) is 0 Å². The van der Waals surface area contributed by atoms with Gasteiger partial charge in [0.15, 0.2) is 5.82 Å². The smallest absolute Gasteiger partial charge is 0.270 e. The molecule has 1 aliphatic heterocycles. The summed E-state index contributed by atoms with van der Waals surface area (Å²) in [5, 5.41) is 16.9. The van der Waals surface area contributed by atoms with Gasteiger partial charge >= 0.3 is 0 Å². The van der Waals surface area contributed by atoms with E-state index < -0.39 is 22.6 Å². The van der Waals surface area contributed by atoms with Gasteiger partial charge < -0.3 is 9.84 Å². The number of non-ortho nitro benzene ring substituents is 1. The molecular weight excluding hydrogens is 332 g/mol. The molecule has 10 heteroatoms. The lowest BCUT2D eigenvalue weighted by Crippen LogP contribution is -2.32. The molecule has 0 aliphatic carbocycles. The lowest BCUT2D eigenvalue weighted by molar-refractivity contribution is -0.384. The van der Waals surface area contributed by atoms with Crippen LogP contribution in [0.4, 0.5) is 11.5 Å². The standard InChI is InChI=1S/C15H12N4O6/c1-8-6-12(17-25-8)16-13(20)4-5-18-14(21)10-3-2-9(19(23)24)7-11(10)15(18)22/h2-3,6-7H,4-5H2,1H3,(H,16,17,20). The van der Waals surface area contributed by atoms with E-state index in [0.29, 0.717) is 5.76 Å². The number of anilines is 1. The van der Waals surface area contributed by atoms with Crippen molar-refractivity contribution in [1.29, 1.82) is 0 Å². The molecule has 0 bridgehead atoms. The predicted octanol–water partition coefficient (Wildman–Crippen LogP) is 1.52. The number of rotatable bonds is 5. The molecule has 2 aromatic rings. The van der Waals surface area contributed by atoms with Gasteiger partial charge in [-0.15, -0.1) is 0 Å². The Balaban J connectivity index is 1.67. The lowest BCUT2D eigenvalue weighted by atomic mass is 10.1. The molecular formula is C15H12N4O6. The molecule has 1 aliphatic rings. The highest BCUT2D eigenvalue weighted by Gasteiger charge is 2.36. The molecule has 0 spiro atoms. The molecule has 1 aromatic carbocycles. The lowest BCUT2D eigenvalue weighted by Gasteiger charge is -2.12. The molecule has 10 nitrogen and oxygen atoms in total. The minimum absolute atomic E-state index is 0.0354. The molecule has 0 saturated carbocycles. The van der Waals surface area contributed by atoms with Crippen LogP contribution in [0, 0.1) is 17.0 Å². The minimum atomic E-state index is -0.659. The number of amides is 3. The van der Waals surface area contributed by atoms with Crippen molar-refractivity contribution in [2.24, 2.45) is 0 Å². The third-order valence-electron chi connectivity index (χ3n) is 3.62. The van der Waals surface area contributed by atoms with Gasteiger partial charge in [0.2, 0.25) is 5.91 Å². The van der Waals surface area contributed by atoms with Crippen LogP contribution in [-0.4, -0.2) is 39.2 Å². The average molecular weight is 344 g/mol. The number of nitro benzene ring substituents is 1. The molecule has 0 fully saturated rings. The topological polar surface area (TPSA) is 136 Å². The van der Waals surface area contributed by atoms with Crippen LogP contribution in [0.3, 0.4) is 0 Å². The van der Waals surface area contributed by atoms with Crippen LogP contribution in [0.1, 0.15) is 32.9 Å². The summed E-state index contributed by atoms with van der Waals surface area (Å²) in [7, 11) is 0. The number of hydrogen-bond acceptors (Lipinski definition) is 7. The van der Waals surface area contributed by atoms with Crippen LogP contribution < -0.4 is 5.32 Å². The van der Waals surface area contributed by atoms with E-state index in [0.717, 1.165) is 17.0 Å². The molecule has 1 aromatic heterocycles. The fourth-order valence-electron chi connectivity index (χ4n) is 2.44. The number of benzene rings is 1. The Morgan fingerprint density at radius 2 is 2.00 bits per heavy atom. The van der Waals surface area contributed by atoms with Crippen LogP contribution in [0.2, 0.25) is 0 Å². The largest absolute Gasteiger partial charge is 0.360 e. The van der Waals surface area contributed by atoms with Gasteiger partial charge in [0.1, 0.15) is 5.76 Å². The summed E-state index contributed by atoms with van der Waals surface area (Å²) in [5.74, 6) is -0.928. The van der Waals surface area contributed by atoms with Crippen molar-refractivity contribution >= 4 is 29.2 Å². The van der Waals surface area contributed by atoms with E-state index in [2.05, 4.69) is 10.5 Å². The fourth-order valence-corrected chi connectivity index (χ4v) is 2.44. The molecule has 0 atom stereocenters. The third-order valence-corrected chi connectivity index (χ3v) is 3.62. The molecule has 0 unspecified atom stereocenters. The summed E-state index contributed by atoms with van der Waals surface area (Å²) >= 11 is 0. The zero-order valence-electron chi connectivity index (χ0n) is 13.0. The molecule has 2 heterocycles. The summed E-state index contributed by atoms with van der Waals surface area (Å²) in [5.41, 5.74) is -0.226. The van der Waals surface area contributed by atoms with E-state index in [-0.39, 0.29) is 35.6 Å². The number of nitrogens with zero attached hydrogens (tertiary/aromatic N) is 3. The van der Waals surface area contributed by atoms with Gasteiger partial charge in [0.05, 0.1) is 16.1 Å². The average Bonchev–Trinajstić information content (AvgIpc) is 3.07. The zero-order chi connectivity index (χ0) is 18.1. The van der Waals surface area contributed by atoms with Crippen LogP contribution in [0.5, 0.6) is 0 Å². The van der Waals surface area contributed by atoms with Crippen molar-refractivity contribution in [1.82, 2.24) is 10.1 Å². The number of nitrogens with one attached hydrogen (secondary N) is 1. The number of hydrogen-bond donors (Lipinski definition) is 1. The van der Waals surface area contributed by atoms with Crippen molar-refractivity contribution in [3.63, 3.8) is 0 Å². The summed E-state index contributed by atoms with van der Waals surface area (Å²) in [6, 6.07) is 4.99. The first-order chi connectivity index (χ1) is 11.9. The highest BCUT2D eigenvalue weighted by molar-refractivity contribution is 6.21. The monoisotopic (exact) mass is 344 g/mol. The first-order valence-electron chi connectivity index (χ1n) is 7.24. The number of nitro groups is 1. The Morgan fingerprint density at radius 1 is 1.28 bits per heavy atom. The molecule has 0 radical (unpaired) electrons. The molecule has 25 heavy (non-hydrogen) atoms.